The van der Waals surface area contributed by atoms with E-state index in [1.165, 1.54) is 6.33 Å². The van der Waals surface area contributed by atoms with Gasteiger partial charge >= 0.3 is 6.16 Å². The van der Waals surface area contributed by atoms with Crippen molar-refractivity contribution in [3.63, 3.8) is 0 Å². The fourth-order valence-electron chi connectivity index (χ4n) is 3.68. The third-order valence-corrected chi connectivity index (χ3v) is 5.19. The van der Waals surface area contributed by atoms with Crippen LogP contribution in [0.15, 0.2) is 18.5 Å². The van der Waals surface area contributed by atoms with E-state index in [-0.39, 0.29) is 6.61 Å². The van der Waals surface area contributed by atoms with Gasteiger partial charge in [0.05, 0.1) is 5.69 Å². The second kappa shape index (κ2) is 7.53. The Morgan fingerprint density at radius 3 is 2.74 bits per heavy atom. The number of nitrogens with two attached hydrogens (primary N) is 1. The number of ether oxygens (including phenoxy) is 5. The normalized spacial score (nSPS) is 27.6. The largest absolute Gasteiger partial charge is 0.509 e. The molecule has 10 nitrogen and oxygen atoms in total. The fraction of sp³-hybridized carbons (Fsp3) is 0.632. The monoisotopic (exact) mass is 442 g/mol. The van der Waals surface area contributed by atoms with Gasteiger partial charge in [0.2, 0.25) is 0 Å². The number of carbonyl (C=O) groups is 1. The van der Waals surface area contributed by atoms with E-state index in [2.05, 4.69) is 10.1 Å². The minimum atomic E-state index is -2.86. The fourth-order valence-corrected chi connectivity index (χ4v) is 3.68. The molecule has 2 aromatic rings. The van der Waals surface area contributed by atoms with Crippen LogP contribution >= 0.6 is 0 Å². The average Bonchev–Trinajstić information content (AvgIpc) is 3.31. The van der Waals surface area contributed by atoms with Gasteiger partial charge in [-0.15, -0.1) is 0 Å². The molecule has 4 heterocycles. The van der Waals surface area contributed by atoms with Crippen LogP contribution in [0.3, 0.4) is 0 Å². The maximum absolute atomic E-state index is 12.9. The standard InChI is InChI=1S/C19H24F2N4O6/c1-18(2,16(20)21)31-17(26)27-7-11-13-14(30-19(3,4)29-13)12(28-11)9-5-6-10-15(22)23-8-24-25(9)10/h5-6,8,11-14,16H,7H2,1-4H3,(H2,22,23,24)/t11-,12+,13-,14+/m1/s1. The predicted octanol–water partition coefficient (Wildman–Crippen LogP) is 2.47. The number of halogens is 2. The molecule has 2 saturated heterocycles. The Morgan fingerprint density at radius 2 is 2.03 bits per heavy atom. The van der Waals surface area contributed by atoms with E-state index in [9.17, 15) is 13.6 Å². The quantitative estimate of drug-likeness (QED) is 0.696. The number of nitrogens with zero attached hydrogens (tertiary/aromatic N) is 3. The summed E-state index contributed by atoms with van der Waals surface area (Å²) in [7, 11) is 0. The van der Waals surface area contributed by atoms with Crippen LogP contribution < -0.4 is 5.73 Å². The van der Waals surface area contributed by atoms with E-state index in [0.29, 0.717) is 17.0 Å². The molecule has 4 atom stereocenters. The molecule has 2 aliphatic rings. The molecule has 2 aliphatic heterocycles. The Hall–Kier alpha value is -2.57. The first-order chi connectivity index (χ1) is 14.5. The summed E-state index contributed by atoms with van der Waals surface area (Å²) in [6, 6.07) is 3.55. The van der Waals surface area contributed by atoms with E-state index >= 15 is 0 Å². The number of anilines is 1. The van der Waals surface area contributed by atoms with Crippen LogP contribution in [0.4, 0.5) is 19.4 Å². The number of carbonyl (C=O) groups excluding carboxylic acids is 1. The molecule has 0 amide bonds. The van der Waals surface area contributed by atoms with Gasteiger partial charge in [-0.1, -0.05) is 0 Å². The Morgan fingerprint density at radius 1 is 1.32 bits per heavy atom. The Balaban J connectivity index is 1.52. The molecule has 2 aromatic heterocycles. The zero-order chi connectivity index (χ0) is 22.6. The Kier molecular flexibility index (Phi) is 5.26. The van der Waals surface area contributed by atoms with Gasteiger partial charge in [0.15, 0.2) is 17.2 Å². The summed E-state index contributed by atoms with van der Waals surface area (Å²) in [5.41, 5.74) is 5.19. The highest BCUT2D eigenvalue weighted by atomic mass is 19.3. The van der Waals surface area contributed by atoms with Crippen molar-refractivity contribution < 1.29 is 37.3 Å². The first-order valence-corrected chi connectivity index (χ1v) is 9.71. The number of aromatic nitrogens is 3. The van der Waals surface area contributed by atoms with Crippen molar-refractivity contribution in [2.24, 2.45) is 0 Å². The van der Waals surface area contributed by atoms with Crippen molar-refractivity contribution in [2.75, 3.05) is 12.3 Å². The van der Waals surface area contributed by atoms with Gasteiger partial charge in [0.1, 0.15) is 42.9 Å². The van der Waals surface area contributed by atoms with E-state index in [1.54, 1.807) is 30.5 Å². The highest BCUT2D eigenvalue weighted by molar-refractivity contribution is 5.65. The lowest BCUT2D eigenvalue weighted by Gasteiger charge is -2.25. The number of rotatable bonds is 5. The second-order valence-electron chi connectivity index (χ2n) is 8.43. The molecule has 0 spiro atoms. The van der Waals surface area contributed by atoms with Gasteiger partial charge in [-0.05, 0) is 39.8 Å². The van der Waals surface area contributed by atoms with Gasteiger partial charge in [0.25, 0.3) is 6.43 Å². The van der Waals surface area contributed by atoms with Crippen molar-refractivity contribution in [2.45, 2.75) is 69.9 Å². The van der Waals surface area contributed by atoms with Crippen molar-refractivity contribution in [3.05, 3.63) is 24.2 Å². The molecule has 12 heteroatoms. The number of hydrogen-bond donors (Lipinski definition) is 1. The number of hydrogen-bond acceptors (Lipinski definition) is 9. The van der Waals surface area contributed by atoms with Gasteiger partial charge in [0, 0.05) is 0 Å². The van der Waals surface area contributed by atoms with E-state index in [1.807, 2.05) is 0 Å². The molecule has 170 valence electrons. The summed E-state index contributed by atoms with van der Waals surface area (Å²) in [5, 5.41) is 4.23. The van der Waals surface area contributed by atoms with E-state index < -0.39 is 48.4 Å². The summed E-state index contributed by atoms with van der Waals surface area (Å²) >= 11 is 0. The number of alkyl halides is 2. The number of nitrogen functional groups attached to an aromatic ring is 1. The topological polar surface area (TPSA) is 119 Å². The molecule has 0 aliphatic carbocycles. The lowest BCUT2D eigenvalue weighted by molar-refractivity contribution is -0.193. The van der Waals surface area contributed by atoms with Crippen LogP contribution in [0.25, 0.3) is 5.52 Å². The number of fused-ring (bicyclic) bond motifs is 2. The highest BCUT2D eigenvalue weighted by Crippen LogP contribution is 2.45. The maximum atomic E-state index is 12.9. The molecule has 0 saturated carbocycles. The molecule has 0 radical (unpaired) electrons. The molecule has 2 N–H and O–H groups in total. The summed E-state index contributed by atoms with van der Waals surface area (Å²) in [6.07, 6.45) is -5.17. The van der Waals surface area contributed by atoms with Crippen LogP contribution in [0.2, 0.25) is 0 Å². The molecule has 0 bridgehead atoms. The van der Waals surface area contributed by atoms with Gasteiger partial charge in [-0.2, -0.15) is 5.10 Å². The first kappa shape index (κ1) is 21.7. The van der Waals surface area contributed by atoms with Crippen molar-refractivity contribution in [3.8, 4) is 0 Å². The van der Waals surface area contributed by atoms with E-state index in [0.717, 1.165) is 13.8 Å². The molecule has 0 aromatic carbocycles. The molecule has 2 fully saturated rings. The summed E-state index contributed by atoms with van der Waals surface area (Å²) < 4.78 is 55.3. The van der Waals surface area contributed by atoms with Crippen LogP contribution in [-0.2, 0) is 23.7 Å². The maximum Gasteiger partial charge on any atom is 0.509 e. The molecule has 4 rings (SSSR count). The van der Waals surface area contributed by atoms with Gasteiger partial charge < -0.3 is 29.4 Å². The molecule has 31 heavy (non-hydrogen) atoms. The summed E-state index contributed by atoms with van der Waals surface area (Å²) in [4.78, 5) is 15.9. The van der Waals surface area contributed by atoms with Crippen molar-refractivity contribution in [1.29, 1.82) is 0 Å². The first-order valence-electron chi connectivity index (χ1n) is 9.71. The zero-order valence-corrected chi connectivity index (χ0v) is 17.5. The van der Waals surface area contributed by atoms with Gasteiger partial charge in [-0.25, -0.2) is 23.1 Å². The highest BCUT2D eigenvalue weighted by Gasteiger charge is 2.56. The third kappa shape index (κ3) is 4.02. The third-order valence-electron chi connectivity index (χ3n) is 5.19. The second-order valence-corrected chi connectivity index (χ2v) is 8.43. The predicted molar refractivity (Wildman–Crippen MR) is 101 cm³/mol. The van der Waals surface area contributed by atoms with Crippen LogP contribution in [0, 0.1) is 0 Å². The van der Waals surface area contributed by atoms with Crippen molar-refractivity contribution in [1.82, 2.24) is 14.6 Å². The van der Waals surface area contributed by atoms with E-state index in [4.69, 9.17) is 29.4 Å². The molecular weight excluding hydrogens is 418 g/mol. The van der Waals surface area contributed by atoms with Crippen LogP contribution in [0.5, 0.6) is 0 Å². The minimum absolute atomic E-state index is 0.268. The van der Waals surface area contributed by atoms with Crippen molar-refractivity contribution >= 4 is 17.5 Å². The van der Waals surface area contributed by atoms with Crippen LogP contribution in [-0.4, -0.2) is 63.5 Å². The smallest absolute Gasteiger partial charge is 0.431 e. The Bertz CT molecular complexity index is 981. The lowest BCUT2D eigenvalue weighted by Crippen LogP contribution is -2.38. The van der Waals surface area contributed by atoms with Gasteiger partial charge in [-0.3, -0.25) is 0 Å². The Labute approximate surface area is 176 Å². The minimum Gasteiger partial charge on any atom is -0.431 e. The summed E-state index contributed by atoms with van der Waals surface area (Å²) in [5.74, 6) is -0.585. The van der Waals surface area contributed by atoms with Crippen LogP contribution in [0.1, 0.15) is 39.5 Å². The molecule has 0 unspecified atom stereocenters. The SMILES string of the molecule is CC1(C)O[C@@H]2[C@H](O1)[C@@H](COC(=O)OC(C)(C)C(F)F)O[C@H]2c1ccc2c(N)ncnn12. The average molecular weight is 442 g/mol. The zero-order valence-electron chi connectivity index (χ0n) is 17.5. The lowest BCUT2D eigenvalue weighted by atomic mass is 10.1. The summed E-state index contributed by atoms with van der Waals surface area (Å²) in [6.45, 7) is 5.44. The molecular formula is C19H24F2N4O6.